The number of halogens is 1. The maximum absolute atomic E-state index is 12.0. The summed E-state index contributed by atoms with van der Waals surface area (Å²) in [5.41, 5.74) is 0.269. The van der Waals surface area contributed by atoms with Gasteiger partial charge in [-0.2, -0.15) is 0 Å². The maximum Gasteiger partial charge on any atom is 0.239 e. The van der Waals surface area contributed by atoms with Crippen molar-refractivity contribution >= 4 is 27.7 Å². The lowest BCUT2D eigenvalue weighted by molar-refractivity contribution is -0.117. The summed E-state index contributed by atoms with van der Waals surface area (Å²) in [5.74, 6) is 0.553. The van der Waals surface area contributed by atoms with E-state index in [0.29, 0.717) is 12.4 Å². The van der Waals surface area contributed by atoms with Crippen LogP contribution in [0.4, 0.5) is 5.82 Å². The van der Waals surface area contributed by atoms with E-state index in [4.69, 9.17) is 0 Å². The lowest BCUT2D eigenvalue weighted by Crippen LogP contribution is -2.39. The van der Waals surface area contributed by atoms with Crippen molar-refractivity contribution in [1.82, 2.24) is 15.2 Å². The number of carbonyl (C=O) groups is 1. The SMILES string of the molecule is CN(CC(=O)Nc1ccc(Br)cn1)CC1(C)CCNC1. The monoisotopic (exact) mass is 340 g/mol. The van der Waals surface area contributed by atoms with Crippen molar-refractivity contribution in [3.05, 3.63) is 22.8 Å². The number of rotatable bonds is 5. The summed E-state index contributed by atoms with van der Waals surface area (Å²) in [6.07, 6.45) is 2.83. The first-order chi connectivity index (χ1) is 9.47. The third-order valence-electron chi connectivity index (χ3n) is 3.52. The molecule has 1 aromatic rings. The fraction of sp³-hybridized carbons (Fsp3) is 0.571. The molecular weight excluding hydrogens is 320 g/mol. The van der Waals surface area contributed by atoms with Gasteiger partial charge in [-0.1, -0.05) is 6.92 Å². The minimum absolute atomic E-state index is 0.0307. The van der Waals surface area contributed by atoms with Crippen LogP contribution in [0.1, 0.15) is 13.3 Å². The van der Waals surface area contributed by atoms with Crippen molar-refractivity contribution in [2.24, 2.45) is 5.41 Å². The Morgan fingerprint density at radius 2 is 2.40 bits per heavy atom. The van der Waals surface area contributed by atoms with Crippen LogP contribution in [0.15, 0.2) is 22.8 Å². The fourth-order valence-corrected chi connectivity index (χ4v) is 2.82. The molecule has 1 saturated heterocycles. The Kier molecular flexibility index (Phi) is 5.12. The van der Waals surface area contributed by atoms with Gasteiger partial charge in [-0.05, 0) is 53.5 Å². The molecule has 0 aromatic carbocycles. The Morgan fingerprint density at radius 3 is 3.00 bits per heavy atom. The quantitative estimate of drug-likeness (QED) is 0.856. The molecule has 1 unspecified atom stereocenters. The highest BCUT2D eigenvalue weighted by Crippen LogP contribution is 2.25. The van der Waals surface area contributed by atoms with Crippen LogP contribution in [0.2, 0.25) is 0 Å². The molecule has 5 nitrogen and oxygen atoms in total. The zero-order valence-electron chi connectivity index (χ0n) is 11.9. The van der Waals surface area contributed by atoms with Gasteiger partial charge in [0, 0.05) is 23.8 Å². The van der Waals surface area contributed by atoms with E-state index in [1.807, 2.05) is 13.1 Å². The second kappa shape index (κ2) is 6.65. The second-order valence-corrected chi connectivity index (χ2v) is 6.74. The highest BCUT2D eigenvalue weighted by Gasteiger charge is 2.30. The number of carbonyl (C=O) groups excluding carboxylic acids is 1. The molecule has 1 atom stereocenters. The Bertz CT molecular complexity index is 457. The zero-order chi connectivity index (χ0) is 14.6. The predicted molar refractivity (Wildman–Crippen MR) is 83.7 cm³/mol. The van der Waals surface area contributed by atoms with E-state index in [9.17, 15) is 4.79 Å². The van der Waals surface area contributed by atoms with Crippen molar-refractivity contribution in [2.45, 2.75) is 13.3 Å². The van der Waals surface area contributed by atoms with Gasteiger partial charge in [-0.15, -0.1) is 0 Å². The maximum atomic E-state index is 12.0. The number of nitrogens with zero attached hydrogens (tertiary/aromatic N) is 2. The van der Waals surface area contributed by atoms with E-state index in [0.717, 1.165) is 30.5 Å². The fourth-order valence-electron chi connectivity index (χ4n) is 2.59. The highest BCUT2D eigenvalue weighted by molar-refractivity contribution is 9.10. The van der Waals surface area contributed by atoms with Gasteiger partial charge < -0.3 is 10.6 Å². The number of likely N-dealkylation sites (N-methyl/N-ethyl adjacent to an activating group) is 1. The molecule has 1 fully saturated rings. The Balaban J connectivity index is 1.80. The van der Waals surface area contributed by atoms with Gasteiger partial charge in [-0.25, -0.2) is 4.98 Å². The lowest BCUT2D eigenvalue weighted by atomic mass is 9.89. The first kappa shape index (κ1) is 15.4. The van der Waals surface area contributed by atoms with Crippen molar-refractivity contribution < 1.29 is 4.79 Å². The van der Waals surface area contributed by atoms with Gasteiger partial charge in [0.1, 0.15) is 5.82 Å². The van der Waals surface area contributed by atoms with Crippen LogP contribution in [0, 0.1) is 5.41 Å². The molecule has 2 N–H and O–H groups in total. The van der Waals surface area contributed by atoms with Crippen LogP contribution in [0.5, 0.6) is 0 Å². The summed E-state index contributed by atoms with van der Waals surface area (Å²) in [7, 11) is 1.98. The number of hydrogen-bond donors (Lipinski definition) is 2. The Labute approximate surface area is 128 Å². The first-order valence-corrected chi connectivity index (χ1v) is 7.57. The molecule has 2 rings (SSSR count). The van der Waals surface area contributed by atoms with Gasteiger partial charge >= 0.3 is 0 Å². The average Bonchev–Trinajstić information content (AvgIpc) is 2.78. The van der Waals surface area contributed by atoms with Crippen LogP contribution in [-0.2, 0) is 4.79 Å². The summed E-state index contributed by atoms with van der Waals surface area (Å²) < 4.78 is 0.897. The van der Waals surface area contributed by atoms with E-state index >= 15 is 0 Å². The average molecular weight is 341 g/mol. The van der Waals surface area contributed by atoms with Gasteiger partial charge in [0.05, 0.1) is 6.54 Å². The molecule has 0 radical (unpaired) electrons. The van der Waals surface area contributed by atoms with E-state index in [-0.39, 0.29) is 11.3 Å². The molecule has 20 heavy (non-hydrogen) atoms. The zero-order valence-corrected chi connectivity index (χ0v) is 13.5. The number of nitrogens with one attached hydrogen (secondary N) is 2. The second-order valence-electron chi connectivity index (χ2n) is 5.82. The van der Waals surface area contributed by atoms with Crippen molar-refractivity contribution in [3.8, 4) is 0 Å². The molecule has 110 valence electrons. The normalized spacial score (nSPS) is 22.2. The summed E-state index contributed by atoms with van der Waals surface area (Å²) >= 11 is 3.32. The number of anilines is 1. The summed E-state index contributed by atoms with van der Waals surface area (Å²) in [6, 6.07) is 3.64. The third-order valence-corrected chi connectivity index (χ3v) is 3.99. The Hall–Kier alpha value is -0.980. The smallest absolute Gasteiger partial charge is 0.239 e. The number of aromatic nitrogens is 1. The lowest BCUT2D eigenvalue weighted by Gasteiger charge is -2.28. The molecule has 0 spiro atoms. The van der Waals surface area contributed by atoms with Crippen LogP contribution in [0.3, 0.4) is 0 Å². The third kappa shape index (κ3) is 4.54. The molecule has 0 aliphatic carbocycles. The van der Waals surface area contributed by atoms with E-state index in [1.54, 1.807) is 12.3 Å². The van der Waals surface area contributed by atoms with Crippen molar-refractivity contribution in [2.75, 3.05) is 38.5 Å². The molecule has 6 heteroatoms. The van der Waals surface area contributed by atoms with Crippen LogP contribution < -0.4 is 10.6 Å². The number of hydrogen-bond acceptors (Lipinski definition) is 4. The molecule has 1 amide bonds. The molecule has 2 heterocycles. The van der Waals surface area contributed by atoms with Crippen LogP contribution in [0.25, 0.3) is 0 Å². The van der Waals surface area contributed by atoms with Gasteiger partial charge in [-0.3, -0.25) is 9.69 Å². The molecular formula is C14H21BrN4O. The van der Waals surface area contributed by atoms with Gasteiger partial charge in [0.15, 0.2) is 0 Å². The molecule has 0 saturated carbocycles. The highest BCUT2D eigenvalue weighted by atomic mass is 79.9. The van der Waals surface area contributed by atoms with Crippen molar-refractivity contribution in [3.63, 3.8) is 0 Å². The number of amides is 1. The first-order valence-electron chi connectivity index (χ1n) is 6.78. The topological polar surface area (TPSA) is 57.3 Å². The van der Waals surface area contributed by atoms with Crippen LogP contribution >= 0.6 is 15.9 Å². The summed E-state index contributed by atoms with van der Waals surface area (Å²) in [6.45, 7) is 5.65. The predicted octanol–water partition coefficient (Wildman–Crippen LogP) is 1.71. The molecule has 1 aliphatic rings. The molecule has 1 aromatic heterocycles. The summed E-state index contributed by atoms with van der Waals surface area (Å²) in [4.78, 5) is 18.2. The summed E-state index contributed by atoms with van der Waals surface area (Å²) in [5, 5.41) is 6.18. The number of pyridine rings is 1. The van der Waals surface area contributed by atoms with Crippen molar-refractivity contribution in [1.29, 1.82) is 0 Å². The minimum atomic E-state index is -0.0307. The Morgan fingerprint density at radius 1 is 1.60 bits per heavy atom. The molecule has 1 aliphatic heterocycles. The molecule has 0 bridgehead atoms. The van der Waals surface area contributed by atoms with E-state index in [1.165, 1.54) is 0 Å². The largest absolute Gasteiger partial charge is 0.316 e. The van der Waals surface area contributed by atoms with E-state index < -0.39 is 0 Å². The minimum Gasteiger partial charge on any atom is -0.316 e. The van der Waals surface area contributed by atoms with Gasteiger partial charge in [0.2, 0.25) is 5.91 Å². The van der Waals surface area contributed by atoms with E-state index in [2.05, 4.69) is 43.4 Å². The standard InChI is InChI=1S/C14H21BrN4O/c1-14(5-6-16-9-14)10-19(2)8-13(20)18-12-4-3-11(15)7-17-12/h3-4,7,16H,5-6,8-10H2,1-2H3,(H,17,18,20). The van der Waals surface area contributed by atoms with Gasteiger partial charge in [0.25, 0.3) is 0 Å². The van der Waals surface area contributed by atoms with Crippen LogP contribution in [-0.4, -0.2) is 49.0 Å².